The van der Waals surface area contributed by atoms with Crippen LogP contribution in [0, 0.1) is 10.1 Å². The summed E-state index contributed by atoms with van der Waals surface area (Å²) in [7, 11) is 0. The van der Waals surface area contributed by atoms with E-state index in [0.717, 1.165) is 10.9 Å². The van der Waals surface area contributed by atoms with E-state index in [1.54, 1.807) is 18.2 Å². The number of nitro groups is 1. The maximum Gasteiger partial charge on any atom is 0.278 e. The van der Waals surface area contributed by atoms with Gasteiger partial charge in [0.15, 0.2) is 5.82 Å². The van der Waals surface area contributed by atoms with Gasteiger partial charge in [0.05, 0.1) is 16.0 Å². The smallest absolute Gasteiger partial charge is 0.276 e. The van der Waals surface area contributed by atoms with E-state index in [0.29, 0.717) is 11.4 Å². The van der Waals surface area contributed by atoms with Gasteiger partial charge in [0.2, 0.25) is 0 Å². The van der Waals surface area contributed by atoms with Crippen LogP contribution in [0.15, 0.2) is 53.5 Å². The molecular weight excluding hydrogens is 256 g/mol. The number of hydrogen-bond acceptors (Lipinski definition) is 4. The van der Waals surface area contributed by atoms with Crippen molar-refractivity contribution in [2.75, 3.05) is 0 Å². The molecule has 0 atom stereocenters. The number of para-hydroxylation sites is 2. The van der Waals surface area contributed by atoms with Gasteiger partial charge in [0, 0.05) is 17.7 Å². The van der Waals surface area contributed by atoms with Crippen molar-refractivity contribution in [3.63, 3.8) is 0 Å². The molecule has 0 radical (unpaired) electrons. The topological polar surface area (TPSA) is 84.2 Å². The molecule has 20 heavy (non-hydrogen) atoms. The highest BCUT2D eigenvalue weighted by Gasteiger charge is 2.10. The Morgan fingerprint density at radius 1 is 1.15 bits per heavy atom. The number of hydrogen-bond donors (Lipinski definition) is 1. The number of aliphatic imine (C=N–C) groups is 1. The fraction of sp³-hybridized carbons (Fsp3) is 0. The second kappa shape index (κ2) is 4.93. The minimum absolute atomic E-state index is 0.0242. The Balaban J connectivity index is 2.01. The molecule has 6 nitrogen and oxygen atoms in total. The SMILES string of the molecule is O=[N+]([O-])c1ccccc1C=Nc1n[nH]c2ccccc12. The average Bonchev–Trinajstić information content (AvgIpc) is 2.88. The predicted molar refractivity (Wildman–Crippen MR) is 76.4 cm³/mol. The predicted octanol–water partition coefficient (Wildman–Crippen LogP) is 3.22. The largest absolute Gasteiger partial charge is 0.278 e. The minimum Gasteiger partial charge on any atom is -0.276 e. The first-order valence-corrected chi connectivity index (χ1v) is 5.96. The molecule has 0 saturated heterocycles. The summed E-state index contributed by atoms with van der Waals surface area (Å²) in [6.07, 6.45) is 1.46. The van der Waals surface area contributed by atoms with E-state index in [9.17, 15) is 10.1 Å². The lowest BCUT2D eigenvalue weighted by atomic mass is 10.2. The van der Waals surface area contributed by atoms with Crippen LogP contribution in [0.1, 0.15) is 5.56 Å². The molecule has 0 spiro atoms. The maximum absolute atomic E-state index is 10.9. The number of nitrogens with one attached hydrogen (secondary N) is 1. The van der Waals surface area contributed by atoms with Gasteiger partial charge in [0.25, 0.3) is 5.69 Å². The fourth-order valence-electron chi connectivity index (χ4n) is 1.94. The van der Waals surface area contributed by atoms with Gasteiger partial charge in [0.1, 0.15) is 0 Å². The summed E-state index contributed by atoms with van der Waals surface area (Å²) in [6, 6.07) is 14.0. The first-order valence-electron chi connectivity index (χ1n) is 5.96. The van der Waals surface area contributed by atoms with E-state index in [2.05, 4.69) is 15.2 Å². The Kier molecular flexibility index (Phi) is 2.96. The van der Waals surface area contributed by atoms with Crippen LogP contribution in [0.2, 0.25) is 0 Å². The normalized spacial score (nSPS) is 11.2. The number of benzene rings is 2. The highest BCUT2D eigenvalue weighted by atomic mass is 16.6. The van der Waals surface area contributed by atoms with Crippen LogP contribution in [-0.4, -0.2) is 21.3 Å². The van der Waals surface area contributed by atoms with Crippen molar-refractivity contribution in [3.05, 3.63) is 64.2 Å². The van der Waals surface area contributed by atoms with Gasteiger partial charge in [-0.1, -0.05) is 24.3 Å². The van der Waals surface area contributed by atoms with Crippen molar-refractivity contribution in [2.45, 2.75) is 0 Å². The zero-order valence-electron chi connectivity index (χ0n) is 10.4. The standard InChI is InChI=1S/C14H10N4O2/c19-18(20)13-8-4-1-5-10(13)9-15-14-11-6-2-3-7-12(11)16-17-14/h1-9H,(H,16,17). The first-order chi connectivity index (χ1) is 9.75. The number of aromatic nitrogens is 2. The summed E-state index contributed by atoms with van der Waals surface area (Å²) in [6.45, 7) is 0. The maximum atomic E-state index is 10.9. The highest BCUT2D eigenvalue weighted by molar-refractivity contribution is 5.93. The minimum atomic E-state index is -0.427. The summed E-state index contributed by atoms with van der Waals surface area (Å²) in [4.78, 5) is 14.7. The molecule has 0 saturated carbocycles. The number of nitrogens with zero attached hydrogens (tertiary/aromatic N) is 3. The molecular formula is C14H10N4O2. The molecule has 0 fully saturated rings. The zero-order valence-corrected chi connectivity index (χ0v) is 10.4. The van der Waals surface area contributed by atoms with Crippen LogP contribution >= 0.6 is 0 Å². The van der Waals surface area contributed by atoms with Gasteiger partial charge in [-0.2, -0.15) is 5.10 Å². The van der Waals surface area contributed by atoms with Crippen LogP contribution in [0.4, 0.5) is 11.5 Å². The molecule has 1 heterocycles. The molecule has 0 aliphatic rings. The zero-order chi connectivity index (χ0) is 13.9. The van der Waals surface area contributed by atoms with Gasteiger partial charge in [-0.05, 0) is 18.2 Å². The van der Waals surface area contributed by atoms with Crippen LogP contribution < -0.4 is 0 Å². The Morgan fingerprint density at radius 3 is 2.75 bits per heavy atom. The first kappa shape index (κ1) is 12.0. The molecule has 1 N–H and O–H groups in total. The summed E-state index contributed by atoms with van der Waals surface area (Å²) >= 11 is 0. The number of rotatable bonds is 3. The summed E-state index contributed by atoms with van der Waals surface area (Å²) in [5.41, 5.74) is 1.35. The highest BCUT2D eigenvalue weighted by Crippen LogP contribution is 2.23. The van der Waals surface area contributed by atoms with E-state index in [1.165, 1.54) is 12.3 Å². The van der Waals surface area contributed by atoms with Crippen LogP contribution in [-0.2, 0) is 0 Å². The summed E-state index contributed by atoms with van der Waals surface area (Å²) in [5, 5.41) is 18.8. The molecule has 98 valence electrons. The van der Waals surface area contributed by atoms with Crippen molar-refractivity contribution < 1.29 is 4.92 Å². The lowest BCUT2D eigenvalue weighted by molar-refractivity contribution is -0.385. The van der Waals surface area contributed by atoms with Crippen molar-refractivity contribution in [1.29, 1.82) is 0 Å². The van der Waals surface area contributed by atoms with Crippen molar-refractivity contribution >= 4 is 28.6 Å². The third kappa shape index (κ3) is 2.14. The van der Waals surface area contributed by atoms with E-state index in [-0.39, 0.29) is 5.69 Å². The molecule has 2 aromatic carbocycles. The molecule has 0 bridgehead atoms. The van der Waals surface area contributed by atoms with Gasteiger partial charge in [-0.25, -0.2) is 4.99 Å². The molecule has 6 heteroatoms. The second-order valence-electron chi connectivity index (χ2n) is 4.17. The van der Waals surface area contributed by atoms with Crippen LogP contribution in [0.3, 0.4) is 0 Å². The molecule has 0 amide bonds. The third-order valence-corrected chi connectivity index (χ3v) is 2.91. The average molecular weight is 266 g/mol. The van der Waals surface area contributed by atoms with E-state index < -0.39 is 4.92 Å². The number of aromatic amines is 1. The van der Waals surface area contributed by atoms with Gasteiger partial charge in [-0.15, -0.1) is 0 Å². The quantitative estimate of drug-likeness (QED) is 0.448. The van der Waals surface area contributed by atoms with Crippen LogP contribution in [0.25, 0.3) is 10.9 Å². The van der Waals surface area contributed by atoms with Gasteiger partial charge < -0.3 is 0 Å². The van der Waals surface area contributed by atoms with Gasteiger partial charge >= 0.3 is 0 Å². The number of fused-ring (bicyclic) bond motifs is 1. The second-order valence-corrected chi connectivity index (χ2v) is 4.17. The number of nitro benzene ring substituents is 1. The van der Waals surface area contributed by atoms with Gasteiger partial charge in [-0.3, -0.25) is 15.2 Å². The molecule has 3 rings (SSSR count). The Morgan fingerprint density at radius 2 is 1.90 bits per heavy atom. The summed E-state index contributed by atoms with van der Waals surface area (Å²) < 4.78 is 0. The Bertz CT molecular complexity index is 808. The number of H-pyrrole nitrogens is 1. The molecule has 0 aliphatic heterocycles. The Hall–Kier alpha value is -3.02. The van der Waals surface area contributed by atoms with E-state index in [4.69, 9.17) is 0 Å². The lowest BCUT2D eigenvalue weighted by Gasteiger charge is -1.95. The molecule has 3 aromatic rings. The molecule has 1 aromatic heterocycles. The van der Waals surface area contributed by atoms with Crippen molar-refractivity contribution in [2.24, 2.45) is 4.99 Å². The lowest BCUT2D eigenvalue weighted by Crippen LogP contribution is -1.93. The Labute approximate surface area is 113 Å². The monoisotopic (exact) mass is 266 g/mol. The summed E-state index contributed by atoms with van der Waals surface area (Å²) in [5.74, 6) is 0.513. The van der Waals surface area contributed by atoms with E-state index >= 15 is 0 Å². The third-order valence-electron chi connectivity index (χ3n) is 2.91. The van der Waals surface area contributed by atoms with Crippen LogP contribution in [0.5, 0.6) is 0 Å². The van der Waals surface area contributed by atoms with Crippen molar-refractivity contribution in [1.82, 2.24) is 10.2 Å². The van der Waals surface area contributed by atoms with E-state index in [1.807, 2.05) is 24.3 Å². The molecule has 0 unspecified atom stereocenters. The fourth-order valence-corrected chi connectivity index (χ4v) is 1.94. The molecule has 0 aliphatic carbocycles. The van der Waals surface area contributed by atoms with Crippen molar-refractivity contribution in [3.8, 4) is 0 Å².